The van der Waals surface area contributed by atoms with Gasteiger partial charge in [-0.1, -0.05) is 82.0 Å². The number of hydrogen-bond donors (Lipinski definition) is 0. The maximum Gasteiger partial charge on any atom is 0.494 e. The molecule has 2 aromatic rings. The van der Waals surface area contributed by atoms with Crippen molar-refractivity contribution >= 4 is 12.6 Å². The highest BCUT2D eigenvalue weighted by atomic mass is 16.6. The summed E-state index contributed by atoms with van der Waals surface area (Å²) in [6.07, 6.45) is 7.45. The molecule has 2 aromatic carbocycles. The van der Waals surface area contributed by atoms with Crippen LogP contribution in [0.25, 0.3) is 11.1 Å². The van der Waals surface area contributed by atoms with Crippen molar-refractivity contribution in [3.05, 3.63) is 53.6 Å². The summed E-state index contributed by atoms with van der Waals surface area (Å²) < 4.78 is 11.6. The molecule has 1 aliphatic heterocycles. The first-order valence-corrected chi connectivity index (χ1v) is 10.3. The van der Waals surface area contributed by atoms with Crippen molar-refractivity contribution in [1.29, 1.82) is 0 Å². The zero-order valence-electron chi connectivity index (χ0n) is 16.1. The van der Waals surface area contributed by atoms with Crippen LogP contribution < -0.4 is 5.46 Å². The molecule has 0 bridgehead atoms. The highest BCUT2D eigenvalue weighted by molar-refractivity contribution is 6.61. The second kappa shape index (κ2) is 7.58. The Balaban J connectivity index is 1.85. The molecule has 4 rings (SSSR count). The first-order valence-electron chi connectivity index (χ1n) is 10.3. The van der Waals surface area contributed by atoms with E-state index >= 15 is 0 Å². The first kappa shape index (κ1) is 17.8. The molecule has 136 valence electrons. The number of hydrogen-bond acceptors (Lipinski definition) is 2. The van der Waals surface area contributed by atoms with Crippen LogP contribution in [-0.4, -0.2) is 20.3 Å². The number of fused-ring (bicyclic) bond motifs is 3. The van der Waals surface area contributed by atoms with E-state index in [9.17, 15) is 0 Å². The Morgan fingerprint density at radius 3 is 2.19 bits per heavy atom. The Morgan fingerprint density at radius 1 is 0.846 bits per heavy atom. The molecular weight excluding hydrogens is 319 g/mol. The maximum atomic E-state index is 5.78. The third kappa shape index (κ3) is 2.91. The molecule has 2 nitrogen and oxygen atoms in total. The monoisotopic (exact) mass is 348 g/mol. The van der Waals surface area contributed by atoms with Crippen LogP contribution in [0.1, 0.15) is 63.5 Å². The van der Waals surface area contributed by atoms with Gasteiger partial charge in [-0.15, -0.1) is 0 Å². The van der Waals surface area contributed by atoms with Gasteiger partial charge in [0.1, 0.15) is 0 Å². The second-order valence-electron chi connectivity index (χ2n) is 7.71. The fraction of sp³-hybridized carbons (Fsp3) is 0.478. The topological polar surface area (TPSA) is 18.5 Å². The molecule has 0 unspecified atom stereocenters. The number of rotatable bonds is 7. The molecule has 0 saturated carbocycles. The van der Waals surface area contributed by atoms with E-state index in [1.165, 1.54) is 66.2 Å². The van der Waals surface area contributed by atoms with Crippen LogP contribution in [0.5, 0.6) is 0 Å². The minimum absolute atomic E-state index is 0.145. The van der Waals surface area contributed by atoms with Gasteiger partial charge in [-0.05, 0) is 40.6 Å². The maximum absolute atomic E-state index is 5.78. The van der Waals surface area contributed by atoms with Gasteiger partial charge < -0.3 is 9.31 Å². The predicted octanol–water partition coefficient (Wildman–Crippen LogP) is 5.08. The molecule has 0 spiro atoms. The summed E-state index contributed by atoms with van der Waals surface area (Å²) in [5.74, 6) is 0. The van der Waals surface area contributed by atoms with Gasteiger partial charge in [0.2, 0.25) is 0 Å². The van der Waals surface area contributed by atoms with Crippen molar-refractivity contribution in [2.45, 2.75) is 57.8 Å². The minimum atomic E-state index is -0.195. The van der Waals surface area contributed by atoms with E-state index in [-0.39, 0.29) is 12.5 Å². The van der Waals surface area contributed by atoms with Crippen LogP contribution in [0.2, 0.25) is 0 Å². The van der Waals surface area contributed by atoms with Crippen molar-refractivity contribution < 1.29 is 9.31 Å². The molecule has 1 fully saturated rings. The average molecular weight is 348 g/mol. The summed E-state index contributed by atoms with van der Waals surface area (Å²) in [5, 5.41) is 0. The third-order valence-corrected chi connectivity index (χ3v) is 6.10. The normalized spacial score (nSPS) is 17.4. The average Bonchev–Trinajstić information content (AvgIpc) is 3.31. The highest BCUT2D eigenvalue weighted by Crippen LogP contribution is 2.53. The predicted molar refractivity (Wildman–Crippen MR) is 109 cm³/mol. The van der Waals surface area contributed by atoms with Crippen molar-refractivity contribution in [2.75, 3.05) is 13.2 Å². The lowest BCUT2D eigenvalue weighted by atomic mass is 9.69. The molecule has 0 N–H and O–H groups in total. The Hall–Kier alpha value is -1.58. The molecule has 26 heavy (non-hydrogen) atoms. The minimum Gasteiger partial charge on any atom is -0.405 e. The van der Waals surface area contributed by atoms with Crippen LogP contribution >= 0.6 is 0 Å². The van der Waals surface area contributed by atoms with E-state index in [4.69, 9.17) is 9.31 Å². The number of unbranched alkanes of at least 4 members (excludes halogenated alkanes) is 2. The summed E-state index contributed by atoms with van der Waals surface area (Å²) in [7, 11) is -0.195. The fourth-order valence-electron chi connectivity index (χ4n) is 4.79. The van der Waals surface area contributed by atoms with Gasteiger partial charge in [-0.3, -0.25) is 0 Å². The molecule has 1 aliphatic carbocycles. The van der Waals surface area contributed by atoms with E-state index in [0.717, 1.165) is 0 Å². The summed E-state index contributed by atoms with van der Waals surface area (Å²) in [6.45, 7) is 5.98. The zero-order chi connectivity index (χ0) is 18.0. The Morgan fingerprint density at radius 2 is 1.50 bits per heavy atom. The molecule has 0 radical (unpaired) electrons. The van der Waals surface area contributed by atoms with Gasteiger partial charge in [-0.25, -0.2) is 0 Å². The van der Waals surface area contributed by atoms with Gasteiger partial charge in [-0.2, -0.15) is 0 Å². The van der Waals surface area contributed by atoms with Crippen molar-refractivity contribution in [3.63, 3.8) is 0 Å². The van der Waals surface area contributed by atoms with Crippen molar-refractivity contribution in [3.8, 4) is 11.1 Å². The van der Waals surface area contributed by atoms with Gasteiger partial charge in [0.25, 0.3) is 0 Å². The van der Waals surface area contributed by atoms with Crippen LogP contribution in [0.15, 0.2) is 42.5 Å². The molecule has 0 aromatic heterocycles. The van der Waals surface area contributed by atoms with Crippen molar-refractivity contribution in [1.82, 2.24) is 0 Å². The van der Waals surface area contributed by atoms with Gasteiger partial charge in [0.05, 0.1) is 13.2 Å². The SMILES string of the molecule is CCCCC1(CCCC)c2ccccc2-c2ccc(B3OCCO3)cc21. The third-order valence-electron chi connectivity index (χ3n) is 6.10. The highest BCUT2D eigenvalue weighted by Gasteiger charge is 2.42. The molecule has 0 atom stereocenters. The summed E-state index contributed by atoms with van der Waals surface area (Å²) in [6, 6.07) is 15.9. The van der Waals surface area contributed by atoms with E-state index in [1.807, 2.05) is 0 Å². The molecule has 1 heterocycles. The summed E-state index contributed by atoms with van der Waals surface area (Å²) in [4.78, 5) is 0. The van der Waals surface area contributed by atoms with E-state index < -0.39 is 0 Å². The van der Waals surface area contributed by atoms with Crippen LogP contribution in [0.4, 0.5) is 0 Å². The lowest BCUT2D eigenvalue weighted by Gasteiger charge is -2.33. The Kier molecular flexibility index (Phi) is 5.19. The quantitative estimate of drug-likeness (QED) is 0.650. The molecular formula is C23H29BO2. The van der Waals surface area contributed by atoms with Crippen LogP contribution in [0, 0.1) is 0 Å². The lowest BCUT2D eigenvalue weighted by molar-refractivity contribution is 0.365. The largest absolute Gasteiger partial charge is 0.494 e. The molecule has 2 aliphatic rings. The first-order chi connectivity index (χ1) is 12.8. The van der Waals surface area contributed by atoms with Crippen LogP contribution in [0.3, 0.4) is 0 Å². The summed E-state index contributed by atoms with van der Waals surface area (Å²) >= 11 is 0. The van der Waals surface area contributed by atoms with E-state index in [1.54, 1.807) is 0 Å². The Labute approximate surface area is 158 Å². The molecule has 0 amide bonds. The van der Waals surface area contributed by atoms with E-state index in [2.05, 4.69) is 56.3 Å². The molecule has 3 heteroatoms. The van der Waals surface area contributed by atoms with Gasteiger partial charge >= 0.3 is 7.12 Å². The number of benzene rings is 2. The van der Waals surface area contributed by atoms with Crippen LogP contribution in [-0.2, 0) is 14.7 Å². The van der Waals surface area contributed by atoms with Gasteiger partial charge in [0.15, 0.2) is 0 Å². The Bertz CT molecular complexity index is 757. The smallest absolute Gasteiger partial charge is 0.405 e. The standard InChI is InChI=1S/C23H29BO2/c1-3-5-13-23(14-6-4-2)21-10-8-7-9-19(21)20-12-11-18(17-22(20)23)24-25-15-16-26-24/h7-12,17H,3-6,13-16H2,1-2H3. The fourth-order valence-corrected chi connectivity index (χ4v) is 4.79. The lowest BCUT2D eigenvalue weighted by Crippen LogP contribution is -2.34. The summed E-state index contributed by atoms with van der Waals surface area (Å²) in [5.41, 5.74) is 7.18. The van der Waals surface area contributed by atoms with Gasteiger partial charge in [0, 0.05) is 5.41 Å². The second-order valence-corrected chi connectivity index (χ2v) is 7.71. The molecule has 1 saturated heterocycles. The zero-order valence-corrected chi connectivity index (χ0v) is 16.1. The van der Waals surface area contributed by atoms with E-state index in [0.29, 0.717) is 13.2 Å². The van der Waals surface area contributed by atoms with Crippen molar-refractivity contribution in [2.24, 2.45) is 0 Å².